The molecule has 1 fully saturated rings. The predicted octanol–water partition coefficient (Wildman–Crippen LogP) is 4.48. The minimum atomic E-state index is -0.963. The summed E-state index contributed by atoms with van der Waals surface area (Å²) in [5.74, 6) is -0.0873. The topological polar surface area (TPSA) is 70.2 Å². The largest absolute Gasteiger partial charge is 0.348 e. The summed E-state index contributed by atoms with van der Waals surface area (Å²) in [4.78, 5) is 43.2. The van der Waals surface area contributed by atoms with Gasteiger partial charge in [-0.3, -0.25) is 19.3 Å². The van der Waals surface area contributed by atoms with Crippen LogP contribution in [0.5, 0.6) is 0 Å². The molecule has 7 nitrogen and oxygen atoms in total. The molecule has 0 N–H and O–H groups in total. The Balaban J connectivity index is 1.28. The molecule has 1 unspecified atom stereocenters. The van der Waals surface area contributed by atoms with Gasteiger partial charge >= 0.3 is 0 Å². The van der Waals surface area contributed by atoms with Crippen LogP contribution < -0.4 is 4.90 Å². The van der Waals surface area contributed by atoms with Crippen molar-refractivity contribution < 1.29 is 19.1 Å². The molecule has 1 atom stereocenters. The van der Waals surface area contributed by atoms with Crippen molar-refractivity contribution >= 4 is 39.4 Å². The first-order valence-corrected chi connectivity index (χ1v) is 11.8. The summed E-state index contributed by atoms with van der Waals surface area (Å²) < 4.78 is 5.87. The highest BCUT2D eigenvalue weighted by Gasteiger charge is 2.41. The molecular weight excluding hydrogens is 450 g/mol. The Morgan fingerprint density at radius 3 is 2.29 bits per heavy atom. The summed E-state index contributed by atoms with van der Waals surface area (Å²) in [5, 5.41) is -0.653. The molecule has 3 aromatic carbocycles. The fourth-order valence-electron chi connectivity index (χ4n) is 4.15. The second-order valence-electron chi connectivity index (χ2n) is 8.01. The number of anilines is 2. The van der Waals surface area contributed by atoms with Crippen molar-refractivity contribution in [2.75, 3.05) is 24.7 Å². The van der Waals surface area contributed by atoms with Crippen molar-refractivity contribution in [1.82, 2.24) is 9.80 Å². The number of carbonyl (C=O) groups is 3. The van der Waals surface area contributed by atoms with E-state index < -0.39 is 6.23 Å². The van der Waals surface area contributed by atoms with Crippen LogP contribution in [0.3, 0.4) is 0 Å². The number of fused-ring (bicyclic) bond motifs is 1. The summed E-state index contributed by atoms with van der Waals surface area (Å²) >= 11 is 0.665. The van der Waals surface area contributed by atoms with Gasteiger partial charge in [-0.15, -0.1) is 0 Å². The van der Waals surface area contributed by atoms with Gasteiger partial charge in [-0.1, -0.05) is 60.7 Å². The zero-order chi connectivity index (χ0) is 23.5. The number of nitrogens with zero attached hydrogens (tertiary/aromatic N) is 3. The number of para-hydroxylation sites is 2. The molecule has 5 rings (SSSR count). The molecule has 2 heterocycles. The molecular formula is C26H23N3O4S. The van der Waals surface area contributed by atoms with Crippen molar-refractivity contribution in [2.24, 2.45) is 0 Å². The first-order chi connectivity index (χ1) is 16.6. The Hall–Kier alpha value is -3.62. The van der Waals surface area contributed by atoms with Crippen LogP contribution in [0.15, 0.2) is 84.9 Å². The van der Waals surface area contributed by atoms with E-state index in [4.69, 9.17) is 4.74 Å². The van der Waals surface area contributed by atoms with Crippen LogP contribution in [-0.2, 0) is 16.1 Å². The second-order valence-corrected chi connectivity index (χ2v) is 8.97. The zero-order valence-electron chi connectivity index (χ0n) is 18.4. The molecule has 1 saturated heterocycles. The molecule has 34 heavy (non-hydrogen) atoms. The molecule has 2 aliphatic heterocycles. The van der Waals surface area contributed by atoms with Crippen molar-refractivity contribution in [3.05, 3.63) is 96.1 Å². The van der Waals surface area contributed by atoms with E-state index in [2.05, 4.69) is 4.90 Å². The van der Waals surface area contributed by atoms with Gasteiger partial charge in [0.2, 0.25) is 11.3 Å². The summed E-state index contributed by atoms with van der Waals surface area (Å²) in [6.45, 7) is 1.08. The van der Waals surface area contributed by atoms with E-state index >= 15 is 0 Å². The van der Waals surface area contributed by atoms with Gasteiger partial charge in [0.25, 0.3) is 11.1 Å². The second kappa shape index (κ2) is 9.70. The Morgan fingerprint density at radius 1 is 0.853 bits per heavy atom. The molecule has 2 aliphatic rings. The molecule has 0 saturated carbocycles. The monoisotopic (exact) mass is 473 g/mol. The number of carbonyl (C=O) groups excluding carboxylic acids is 3. The Bertz CT molecular complexity index is 1200. The maximum atomic E-state index is 13.2. The van der Waals surface area contributed by atoms with Crippen LogP contribution in [0, 0.1) is 0 Å². The first kappa shape index (κ1) is 22.2. The van der Waals surface area contributed by atoms with E-state index in [1.165, 1.54) is 4.90 Å². The Labute approximate surface area is 201 Å². The molecule has 3 aromatic rings. The first-order valence-electron chi connectivity index (χ1n) is 11.0. The molecule has 2 amide bonds. The highest BCUT2D eigenvalue weighted by molar-refractivity contribution is 8.26. The van der Waals surface area contributed by atoms with E-state index in [9.17, 15) is 14.4 Å². The number of ether oxygens (including phenoxy) is 1. The summed E-state index contributed by atoms with van der Waals surface area (Å²) in [6, 6.07) is 26.9. The number of benzene rings is 3. The Morgan fingerprint density at radius 2 is 1.53 bits per heavy atom. The highest BCUT2D eigenvalue weighted by atomic mass is 32.2. The van der Waals surface area contributed by atoms with Crippen LogP contribution in [-0.4, -0.2) is 52.1 Å². The fourth-order valence-corrected chi connectivity index (χ4v) is 4.90. The third kappa shape index (κ3) is 4.42. The quantitative estimate of drug-likeness (QED) is 0.504. The molecule has 0 aromatic heterocycles. The number of hydrogen-bond donors (Lipinski definition) is 0. The minimum absolute atomic E-state index is 0.0873. The molecule has 0 aliphatic carbocycles. The van der Waals surface area contributed by atoms with E-state index in [1.54, 1.807) is 4.90 Å². The minimum Gasteiger partial charge on any atom is -0.348 e. The van der Waals surface area contributed by atoms with Crippen molar-refractivity contribution in [3.8, 4) is 0 Å². The van der Waals surface area contributed by atoms with Gasteiger partial charge in [0.05, 0.1) is 24.5 Å². The van der Waals surface area contributed by atoms with E-state index in [0.717, 1.165) is 16.9 Å². The summed E-state index contributed by atoms with van der Waals surface area (Å²) in [6.07, 6.45) is -0.963. The average Bonchev–Trinajstić information content (AvgIpc) is 3.13. The van der Waals surface area contributed by atoms with Gasteiger partial charge in [0, 0.05) is 30.5 Å². The number of amides is 2. The lowest BCUT2D eigenvalue weighted by Gasteiger charge is -2.38. The van der Waals surface area contributed by atoms with Gasteiger partial charge in [-0.05, 0) is 29.8 Å². The molecule has 0 radical (unpaired) electrons. The molecule has 0 bridgehead atoms. The maximum absolute atomic E-state index is 13.2. The van der Waals surface area contributed by atoms with Gasteiger partial charge in [-0.2, -0.15) is 0 Å². The third-order valence-corrected chi connectivity index (χ3v) is 6.64. The van der Waals surface area contributed by atoms with E-state index in [0.29, 0.717) is 30.5 Å². The predicted molar refractivity (Wildman–Crippen MR) is 131 cm³/mol. The lowest BCUT2D eigenvalue weighted by atomic mass is 10.1. The van der Waals surface area contributed by atoms with Gasteiger partial charge < -0.3 is 14.5 Å². The highest BCUT2D eigenvalue weighted by Crippen LogP contribution is 2.33. The van der Waals surface area contributed by atoms with Crippen LogP contribution >= 0.6 is 11.8 Å². The van der Waals surface area contributed by atoms with Gasteiger partial charge in [0.1, 0.15) is 0 Å². The standard InChI is InChI=1S/C26H23N3O4S/c30-23-21-13-7-8-14-22(21)29(20-11-5-2-6-12-20)18-27(23)15-16-33-24-25(31)34-26(32)28(24)17-19-9-3-1-4-10-19/h1-14,24H,15-18H2. The Kier molecular flexibility index (Phi) is 6.33. The zero-order valence-corrected chi connectivity index (χ0v) is 19.2. The molecule has 0 spiro atoms. The number of rotatable bonds is 7. The van der Waals surface area contributed by atoms with Crippen LogP contribution in [0.4, 0.5) is 16.2 Å². The maximum Gasteiger partial charge on any atom is 0.292 e. The van der Waals surface area contributed by atoms with Crippen molar-refractivity contribution in [2.45, 2.75) is 12.8 Å². The number of thioether (sulfide) groups is 1. The lowest BCUT2D eigenvalue weighted by molar-refractivity contribution is -0.129. The average molecular weight is 474 g/mol. The van der Waals surface area contributed by atoms with Crippen LogP contribution in [0.1, 0.15) is 15.9 Å². The third-order valence-electron chi connectivity index (χ3n) is 5.83. The normalized spacial score (nSPS) is 17.9. The SMILES string of the molecule is O=C1SC(=O)N(Cc2ccccc2)C1OCCN1CN(c2ccccc2)c2ccccc2C1=O. The molecule has 172 valence electrons. The smallest absolute Gasteiger partial charge is 0.292 e. The fraction of sp³-hybridized carbons (Fsp3) is 0.192. The van der Waals surface area contributed by atoms with E-state index in [-0.39, 0.29) is 29.4 Å². The van der Waals surface area contributed by atoms with E-state index in [1.807, 2.05) is 84.9 Å². The van der Waals surface area contributed by atoms with Crippen LogP contribution in [0.25, 0.3) is 0 Å². The summed E-state index contributed by atoms with van der Waals surface area (Å²) in [5.41, 5.74) is 3.38. The lowest BCUT2D eigenvalue weighted by Crippen LogP contribution is -2.47. The van der Waals surface area contributed by atoms with Gasteiger partial charge in [-0.25, -0.2) is 0 Å². The van der Waals surface area contributed by atoms with Gasteiger partial charge in [0.15, 0.2) is 0 Å². The van der Waals surface area contributed by atoms with Crippen molar-refractivity contribution in [3.63, 3.8) is 0 Å². The van der Waals surface area contributed by atoms with Crippen molar-refractivity contribution in [1.29, 1.82) is 0 Å². The molecule has 8 heteroatoms. The summed E-state index contributed by atoms with van der Waals surface area (Å²) in [7, 11) is 0. The van der Waals surface area contributed by atoms with Crippen LogP contribution in [0.2, 0.25) is 0 Å². The number of hydrogen-bond acceptors (Lipinski definition) is 6.